The Morgan fingerprint density at radius 2 is 2.14 bits per heavy atom. The number of carbonyl (C=O) groups is 2. The largest absolute Gasteiger partial charge is 0.501 e. The first-order valence-corrected chi connectivity index (χ1v) is 4.51. The van der Waals surface area contributed by atoms with Gasteiger partial charge in [0.15, 0.2) is 6.10 Å². The number of allylic oxidation sites excluding steroid dienone is 1. The summed E-state index contributed by atoms with van der Waals surface area (Å²) in [6.07, 6.45) is 0.539. The molecule has 4 heteroatoms. The number of hydrogen-bond donors (Lipinski definition) is 0. The van der Waals surface area contributed by atoms with Crippen molar-refractivity contribution in [2.45, 2.75) is 32.8 Å². The molecule has 0 heterocycles. The van der Waals surface area contributed by atoms with E-state index in [2.05, 4.69) is 0 Å². The van der Waals surface area contributed by atoms with Crippen LogP contribution in [0.3, 0.4) is 0 Å². The highest BCUT2D eigenvalue weighted by Crippen LogP contribution is 2.24. The van der Waals surface area contributed by atoms with Gasteiger partial charge in [0.1, 0.15) is 5.76 Å². The topological polar surface area (TPSA) is 52.6 Å². The van der Waals surface area contributed by atoms with Crippen molar-refractivity contribution >= 4 is 11.8 Å². The predicted octanol–water partition coefficient (Wildman–Crippen LogP) is 1.20. The number of Topliss-reactive ketones (excluding diaryl/α,β-unsaturated/α-hetero) is 1. The zero-order valence-electron chi connectivity index (χ0n) is 8.62. The molecule has 0 saturated carbocycles. The van der Waals surface area contributed by atoms with Crippen LogP contribution in [0.5, 0.6) is 0 Å². The van der Waals surface area contributed by atoms with Crippen LogP contribution in [0.4, 0.5) is 0 Å². The quantitative estimate of drug-likeness (QED) is 0.625. The minimum atomic E-state index is -0.619. The van der Waals surface area contributed by atoms with Crippen molar-refractivity contribution in [3.05, 3.63) is 11.3 Å². The number of methoxy groups -OCH3 is 1. The molecule has 4 nitrogen and oxygen atoms in total. The third-order valence-corrected chi connectivity index (χ3v) is 2.27. The lowest BCUT2D eigenvalue weighted by Gasteiger charge is -2.22. The van der Waals surface area contributed by atoms with E-state index in [0.717, 1.165) is 0 Å². The maximum atomic E-state index is 11.6. The van der Waals surface area contributed by atoms with Gasteiger partial charge in [0.25, 0.3) is 0 Å². The van der Waals surface area contributed by atoms with Gasteiger partial charge in [0.2, 0.25) is 5.78 Å². The minimum Gasteiger partial charge on any atom is -0.501 e. The van der Waals surface area contributed by atoms with Gasteiger partial charge in [-0.2, -0.15) is 0 Å². The molecule has 1 atom stereocenters. The van der Waals surface area contributed by atoms with Gasteiger partial charge in [0.05, 0.1) is 7.11 Å². The average Bonchev–Trinajstić information content (AvgIpc) is 2.13. The molecule has 1 aliphatic rings. The van der Waals surface area contributed by atoms with Gasteiger partial charge in [-0.25, -0.2) is 0 Å². The van der Waals surface area contributed by atoms with E-state index in [1.54, 1.807) is 6.92 Å². The van der Waals surface area contributed by atoms with Crippen LogP contribution < -0.4 is 0 Å². The van der Waals surface area contributed by atoms with E-state index in [-0.39, 0.29) is 5.78 Å². The van der Waals surface area contributed by atoms with E-state index in [1.807, 2.05) is 0 Å². The van der Waals surface area contributed by atoms with Crippen molar-refractivity contribution in [2.24, 2.45) is 0 Å². The third-order valence-electron chi connectivity index (χ3n) is 2.27. The van der Waals surface area contributed by atoms with Crippen LogP contribution in [-0.2, 0) is 19.1 Å². The molecule has 0 amide bonds. The summed E-state index contributed by atoms with van der Waals surface area (Å²) in [6.45, 7) is 3.00. The molecule has 0 aromatic heterocycles. The van der Waals surface area contributed by atoms with Crippen LogP contribution in [0.15, 0.2) is 11.3 Å². The number of esters is 1. The molecule has 0 spiro atoms. The van der Waals surface area contributed by atoms with Crippen LogP contribution in [0.25, 0.3) is 0 Å². The van der Waals surface area contributed by atoms with E-state index >= 15 is 0 Å². The fourth-order valence-corrected chi connectivity index (χ4v) is 1.53. The minimum absolute atomic E-state index is 0.150. The van der Waals surface area contributed by atoms with Crippen LogP contribution >= 0.6 is 0 Å². The molecular weight excluding hydrogens is 184 g/mol. The lowest BCUT2D eigenvalue weighted by atomic mass is 9.95. The first-order chi connectivity index (χ1) is 6.56. The van der Waals surface area contributed by atoms with Gasteiger partial charge in [-0.1, -0.05) is 0 Å². The molecule has 1 aliphatic carbocycles. The predicted molar refractivity (Wildman–Crippen MR) is 49.5 cm³/mol. The molecule has 0 N–H and O–H groups in total. The smallest absolute Gasteiger partial charge is 0.303 e. The van der Waals surface area contributed by atoms with Crippen molar-refractivity contribution < 1.29 is 19.1 Å². The lowest BCUT2D eigenvalue weighted by molar-refractivity contribution is -0.152. The van der Waals surface area contributed by atoms with Crippen LogP contribution in [0, 0.1) is 0 Å². The molecule has 78 valence electrons. The van der Waals surface area contributed by atoms with Crippen molar-refractivity contribution in [1.29, 1.82) is 0 Å². The Morgan fingerprint density at radius 3 is 2.64 bits per heavy atom. The molecule has 0 saturated heterocycles. The summed E-state index contributed by atoms with van der Waals surface area (Å²) >= 11 is 0. The molecular formula is C10H14O4. The molecule has 0 aromatic rings. The maximum Gasteiger partial charge on any atom is 0.303 e. The van der Waals surface area contributed by atoms with Gasteiger partial charge < -0.3 is 9.47 Å². The average molecular weight is 198 g/mol. The van der Waals surface area contributed by atoms with E-state index in [1.165, 1.54) is 14.0 Å². The summed E-state index contributed by atoms with van der Waals surface area (Å²) in [6, 6.07) is 0. The lowest BCUT2D eigenvalue weighted by Crippen LogP contribution is -2.31. The van der Waals surface area contributed by atoms with Crippen LogP contribution in [0.2, 0.25) is 0 Å². The molecule has 0 fully saturated rings. The summed E-state index contributed by atoms with van der Waals surface area (Å²) in [5.41, 5.74) is 0.560. The first-order valence-electron chi connectivity index (χ1n) is 4.51. The zero-order valence-corrected chi connectivity index (χ0v) is 8.62. The van der Waals surface area contributed by atoms with Gasteiger partial charge >= 0.3 is 5.97 Å². The summed E-state index contributed by atoms with van der Waals surface area (Å²) in [7, 11) is 1.54. The standard InChI is InChI=1S/C10H14O4/c1-6-8(13-3)4-5-9(10(6)12)14-7(2)11/h9H,4-5H2,1-3H3/t9-/m0/s1. The molecule has 0 aromatic carbocycles. The van der Waals surface area contributed by atoms with Gasteiger partial charge in [-0.05, 0) is 13.3 Å². The molecule has 0 bridgehead atoms. The van der Waals surface area contributed by atoms with Crippen molar-refractivity contribution in [3.63, 3.8) is 0 Å². The van der Waals surface area contributed by atoms with Crippen LogP contribution in [0.1, 0.15) is 26.7 Å². The molecule has 1 rings (SSSR count). The Morgan fingerprint density at radius 1 is 1.50 bits per heavy atom. The SMILES string of the molecule is COC1=C(C)C(=O)[C@@H](OC(C)=O)CC1. The Hall–Kier alpha value is -1.32. The maximum absolute atomic E-state index is 11.6. The van der Waals surface area contributed by atoms with Gasteiger partial charge in [0, 0.05) is 18.9 Å². The number of carbonyl (C=O) groups excluding carboxylic acids is 2. The number of rotatable bonds is 2. The Balaban J connectivity index is 2.76. The van der Waals surface area contributed by atoms with E-state index in [4.69, 9.17) is 9.47 Å². The highest BCUT2D eigenvalue weighted by Gasteiger charge is 2.29. The Labute approximate surface area is 82.9 Å². The highest BCUT2D eigenvalue weighted by atomic mass is 16.5. The second-order valence-corrected chi connectivity index (χ2v) is 3.25. The summed E-state index contributed by atoms with van der Waals surface area (Å²) in [5.74, 6) is 0.124. The van der Waals surface area contributed by atoms with E-state index < -0.39 is 12.1 Å². The molecule has 0 radical (unpaired) electrons. The second kappa shape index (κ2) is 4.26. The van der Waals surface area contributed by atoms with Crippen molar-refractivity contribution in [2.75, 3.05) is 7.11 Å². The number of hydrogen-bond acceptors (Lipinski definition) is 4. The summed E-state index contributed by atoms with van der Waals surface area (Å²) < 4.78 is 9.93. The highest BCUT2D eigenvalue weighted by molar-refractivity contribution is 6.00. The molecule has 14 heavy (non-hydrogen) atoms. The molecule has 0 unspecified atom stereocenters. The summed E-state index contributed by atoms with van der Waals surface area (Å²) in [4.78, 5) is 22.3. The fourth-order valence-electron chi connectivity index (χ4n) is 1.53. The van der Waals surface area contributed by atoms with Gasteiger partial charge in [-0.3, -0.25) is 9.59 Å². The van der Waals surface area contributed by atoms with Gasteiger partial charge in [-0.15, -0.1) is 0 Å². The van der Waals surface area contributed by atoms with E-state index in [0.29, 0.717) is 24.2 Å². The number of ether oxygens (including phenoxy) is 2. The molecule has 0 aliphatic heterocycles. The monoisotopic (exact) mass is 198 g/mol. The van der Waals surface area contributed by atoms with Crippen molar-refractivity contribution in [3.8, 4) is 0 Å². The zero-order chi connectivity index (χ0) is 10.7. The second-order valence-electron chi connectivity index (χ2n) is 3.25. The van der Waals surface area contributed by atoms with Crippen molar-refractivity contribution in [1.82, 2.24) is 0 Å². The first kappa shape index (κ1) is 10.8. The Bertz CT molecular complexity index is 290. The normalized spacial score (nSPS) is 22.2. The summed E-state index contributed by atoms with van der Waals surface area (Å²) in [5, 5.41) is 0. The third kappa shape index (κ3) is 2.13. The number of ketones is 1. The fraction of sp³-hybridized carbons (Fsp3) is 0.600. The Kier molecular flexibility index (Phi) is 3.28. The van der Waals surface area contributed by atoms with E-state index in [9.17, 15) is 9.59 Å². The van der Waals surface area contributed by atoms with Crippen LogP contribution in [-0.4, -0.2) is 25.0 Å².